The Morgan fingerprint density at radius 1 is 1.03 bits per heavy atom. The maximum absolute atomic E-state index is 13.4. The molecule has 2 aromatic rings. The van der Waals surface area contributed by atoms with Gasteiger partial charge in [-0.25, -0.2) is 0 Å². The Hall–Kier alpha value is -2.73. The lowest BCUT2D eigenvalue weighted by Crippen LogP contribution is -2.71. The Labute approximate surface area is 176 Å². The molecule has 0 unspecified atom stereocenters. The Bertz CT molecular complexity index is 942. The molecule has 2 fully saturated rings. The molecule has 1 N–H and O–H groups in total. The van der Waals surface area contributed by atoms with Crippen LogP contribution in [0.5, 0.6) is 0 Å². The van der Waals surface area contributed by atoms with Crippen LogP contribution in [-0.4, -0.2) is 52.0 Å². The molecule has 0 bridgehead atoms. The van der Waals surface area contributed by atoms with Crippen LogP contribution in [0.15, 0.2) is 48.7 Å². The molecule has 3 aliphatic rings. The lowest BCUT2D eigenvalue weighted by Gasteiger charge is -2.59. The molecule has 1 aliphatic carbocycles. The zero-order valence-corrected chi connectivity index (χ0v) is 17.0. The van der Waals surface area contributed by atoms with E-state index in [-0.39, 0.29) is 42.3 Å². The van der Waals surface area contributed by atoms with E-state index in [1.807, 2.05) is 35.2 Å². The molecule has 30 heavy (non-hydrogen) atoms. The Morgan fingerprint density at radius 3 is 2.53 bits per heavy atom. The number of pyridine rings is 1. The number of rotatable bonds is 3. The minimum atomic E-state index is -0.210. The lowest BCUT2D eigenvalue weighted by atomic mass is 9.70. The third-order valence-corrected chi connectivity index (χ3v) is 7.03. The largest absolute Gasteiger partial charge is 0.394 e. The molecule has 1 saturated heterocycles. The molecule has 2 aliphatic heterocycles. The van der Waals surface area contributed by atoms with Gasteiger partial charge in [0.15, 0.2) is 0 Å². The Balaban J connectivity index is 1.49. The number of benzene rings is 1. The van der Waals surface area contributed by atoms with Gasteiger partial charge in [0.1, 0.15) is 5.69 Å². The molecule has 0 spiro atoms. The average Bonchev–Trinajstić information content (AvgIpc) is 2.80. The van der Waals surface area contributed by atoms with Gasteiger partial charge in [0.2, 0.25) is 5.91 Å². The van der Waals surface area contributed by atoms with Crippen molar-refractivity contribution in [2.75, 3.05) is 18.1 Å². The summed E-state index contributed by atoms with van der Waals surface area (Å²) in [5, 5.41) is 10.1. The van der Waals surface area contributed by atoms with Crippen LogP contribution in [0.4, 0.5) is 5.69 Å². The maximum atomic E-state index is 13.4. The number of hydrogen-bond donors (Lipinski definition) is 1. The topological polar surface area (TPSA) is 73.7 Å². The van der Waals surface area contributed by atoms with Gasteiger partial charge in [0, 0.05) is 30.3 Å². The highest BCUT2D eigenvalue weighted by atomic mass is 16.3. The van der Waals surface area contributed by atoms with E-state index < -0.39 is 0 Å². The minimum absolute atomic E-state index is 0.0471. The highest BCUT2D eigenvalue weighted by Crippen LogP contribution is 2.49. The van der Waals surface area contributed by atoms with Gasteiger partial charge in [0.25, 0.3) is 5.91 Å². The van der Waals surface area contributed by atoms with E-state index >= 15 is 0 Å². The summed E-state index contributed by atoms with van der Waals surface area (Å²) in [7, 11) is 0. The standard InChI is InChI=1S/C24H27N3O3/c28-15-21-22-17-10-4-5-12-19(17)26(24(30)18-11-6-7-13-25-18)14-20(22)27(21)23(29)16-8-2-1-3-9-16/h4-7,10-13,16,20-22,28H,1-3,8-9,14-15H2/t20-,21+,22+/m1/s1. The minimum Gasteiger partial charge on any atom is -0.394 e. The number of aliphatic hydroxyl groups excluding tert-OH is 1. The van der Waals surface area contributed by atoms with Crippen LogP contribution < -0.4 is 4.90 Å². The third-order valence-electron chi connectivity index (χ3n) is 7.03. The second-order valence-electron chi connectivity index (χ2n) is 8.61. The first-order valence-electron chi connectivity index (χ1n) is 11.0. The molecule has 1 aromatic heterocycles. The van der Waals surface area contributed by atoms with Crippen LogP contribution in [0.1, 0.15) is 54.1 Å². The fourth-order valence-corrected chi connectivity index (χ4v) is 5.57. The molecule has 5 rings (SSSR count). The summed E-state index contributed by atoms with van der Waals surface area (Å²) in [5.41, 5.74) is 2.29. The first-order chi connectivity index (χ1) is 14.7. The number of nitrogens with zero attached hydrogens (tertiary/aromatic N) is 3. The number of carbonyl (C=O) groups is 2. The van der Waals surface area contributed by atoms with E-state index in [0.717, 1.165) is 36.9 Å². The summed E-state index contributed by atoms with van der Waals surface area (Å²) in [4.78, 5) is 34.5. The number of anilines is 1. The quantitative estimate of drug-likeness (QED) is 0.852. The highest BCUT2D eigenvalue weighted by Gasteiger charge is 2.56. The van der Waals surface area contributed by atoms with E-state index in [1.165, 1.54) is 6.42 Å². The highest BCUT2D eigenvalue weighted by molar-refractivity contribution is 6.06. The van der Waals surface area contributed by atoms with Crippen LogP contribution in [-0.2, 0) is 4.79 Å². The predicted molar refractivity (Wildman–Crippen MR) is 113 cm³/mol. The number of likely N-dealkylation sites (tertiary alicyclic amines) is 1. The van der Waals surface area contributed by atoms with Crippen molar-refractivity contribution in [2.45, 2.75) is 50.1 Å². The van der Waals surface area contributed by atoms with Gasteiger partial charge in [-0.15, -0.1) is 0 Å². The average molecular weight is 405 g/mol. The van der Waals surface area contributed by atoms with Gasteiger partial charge >= 0.3 is 0 Å². The Kier molecular flexibility index (Phi) is 5.03. The second-order valence-corrected chi connectivity index (χ2v) is 8.61. The van der Waals surface area contributed by atoms with E-state index in [9.17, 15) is 14.7 Å². The van der Waals surface area contributed by atoms with Crippen molar-refractivity contribution in [3.8, 4) is 0 Å². The normalized spacial score (nSPS) is 25.8. The van der Waals surface area contributed by atoms with Crippen LogP contribution >= 0.6 is 0 Å². The Morgan fingerprint density at radius 2 is 1.80 bits per heavy atom. The fourth-order valence-electron chi connectivity index (χ4n) is 5.57. The molecule has 156 valence electrons. The van der Waals surface area contributed by atoms with Crippen molar-refractivity contribution in [2.24, 2.45) is 5.92 Å². The molecule has 3 atom stereocenters. The van der Waals surface area contributed by atoms with Crippen molar-refractivity contribution >= 4 is 17.5 Å². The first kappa shape index (κ1) is 19.2. The molecular formula is C24H27N3O3. The summed E-state index contributed by atoms with van der Waals surface area (Å²) in [6.45, 7) is 0.383. The van der Waals surface area contributed by atoms with Crippen molar-refractivity contribution in [1.29, 1.82) is 0 Å². The van der Waals surface area contributed by atoms with Gasteiger partial charge in [-0.05, 0) is 36.6 Å². The van der Waals surface area contributed by atoms with Gasteiger partial charge in [-0.1, -0.05) is 43.5 Å². The summed E-state index contributed by atoms with van der Waals surface area (Å²) < 4.78 is 0. The van der Waals surface area contributed by atoms with Crippen LogP contribution in [0.25, 0.3) is 0 Å². The molecule has 3 heterocycles. The number of aliphatic hydroxyl groups is 1. The van der Waals surface area contributed by atoms with Crippen LogP contribution in [0.3, 0.4) is 0 Å². The predicted octanol–water partition coefficient (Wildman–Crippen LogP) is 2.98. The zero-order valence-electron chi connectivity index (χ0n) is 17.0. The van der Waals surface area contributed by atoms with Gasteiger partial charge in [0.05, 0.1) is 18.7 Å². The van der Waals surface area contributed by atoms with E-state index in [2.05, 4.69) is 4.98 Å². The smallest absolute Gasteiger partial charge is 0.276 e. The maximum Gasteiger partial charge on any atom is 0.276 e. The number of carbonyl (C=O) groups excluding carboxylic acids is 2. The lowest BCUT2D eigenvalue weighted by molar-refractivity contribution is -0.156. The molecule has 6 heteroatoms. The van der Waals surface area contributed by atoms with E-state index in [1.54, 1.807) is 23.2 Å². The van der Waals surface area contributed by atoms with Gasteiger partial charge < -0.3 is 14.9 Å². The fraction of sp³-hybridized carbons (Fsp3) is 0.458. The molecule has 0 radical (unpaired) electrons. The van der Waals surface area contributed by atoms with Gasteiger partial charge in [-0.3, -0.25) is 14.6 Å². The molecular weight excluding hydrogens is 378 g/mol. The van der Waals surface area contributed by atoms with E-state index in [0.29, 0.717) is 12.2 Å². The molecule has 1 aromatic carbocycles. The second kappa shape index (κ2) is 7.84. The summed E-state index contributed by atoms with van der Waals surface area (Å²) >= 11 is 0. The number of hydrogen-bond acceptors (Lipinski definition) is 4. The molecule has 1 saturated carbocycles. The summed E-state index contributed by atoms with van der Waals surface area (Å²) in [5.74, 6) is 0.107. The van der Waals surface area contributed by atoms with Gasteiger partial charge in [-0.2, -0.15) is 0 Å². The summed E-state index contributed by atoms with van der Waals surface area (Å²) in [6, 6.07) is 12.9. The number of aromatic nitrogens is 1. The van der Waals surface area contributed by atoms with Crippen molar-refractivity contribution in [3.63, 3.8) is 0 Å². The van der Waals surface area contributed by atoms with Crippen molar-refractivity contribution in [3.05, 3.63) is 59.9 Å². The molecule has 2 amide bonds. The SMILES string of the molecule is O=C(c1ccccn1)N1C[C@@H]2[C@H](c3ccccc31)[C@H](CO)N2C(=O)C1CCCCC1. The number of para-hydroxylation sites is 1. The van der Waals surface area contributed by atoms with Crippen molar-refractivity contribution < 1.29 is 14.7 Å². The summed E-state index contributed by atoms with van der Waals surface area (Å²) in [6.07, 6.45) is 6.86. The van der Waals surface area contributed by atoms with E-state index in [4.69, 9.17) is 0 Å². The molecule has 6 nitrogen and oxygen atoms in total. The zero-order chi connectivity index (χ0) is 20.7. The number of fused-ring (bicyclic) bond motifs is 3. The number of amides is 2. The van der Waals surface area contributed by atoms with Crippen LogP contribution in [0, 0.1) is 5.92 Å². The first-order valence-corrected chi connectivity index (χ1v) is 11.0. The van der Waals surface area contributed by atoms with Crippen LogP contribution in [0.2, 0.25) is 0 Å². The third kappa shape index (κ3) is 3.01. The van der Waals surface area contributed by atoms with Crippen molar-refractivity contribution in [1.82, 2.24) is 9.88 Å². The monoisotopic (exact) mass is 405 g/mol.